The molecule has 0 radical (unpaired) electrons. The number of ether oxygens (including phenoxy) is 1. The number of carbonyl (C=O) groups is 1. The average Bonchev–Trinajstić information content (AvgIpc) is 3.02. The lowest BCUT2D eigenvalue weighted by atomic mass is 10.0. The molecule has 2 atom stereocenters. The minimum Gasteiger partial charge on any atom is -0.460 e. The van der Waals surface area contributed by atoms with E-state index in [1.165, 1.54) is 12.1 Å². The highest BCUT2D eigenvalue weighted by Gasteiger charge is 2.17. The maximum absolute atomic E-state index is 12.9. The van der Waals surface area contributed by atoms with Gasteiger partial charge >= 0.3 is 5.97 Å². The van der Waals surface area contributed by atoms with Gasteiger partial charge in [0, 0.05) is 6.04 Å². The first-order chi connectivity index (χ1) is 11.0. The summed E-state index contributed by atoms with van der Waals surface area (Å²) in [6.07, 6.45) is -0.782. The third-order valence-corrected chi connectivity index (χ3v) is 3.42. The van der Waals surface area contributed by atoms with Gasteiger partial charge in [0.05, 0.1) is 19.3 Å². The van der Waals surface area contributed by atoms with Crippen molar-refractivity contribution in [2.24, 2.45) is 0 Å². The van der Waals surface area contributed by atoms with Gasteiger partial charge in [0.2, 0.25) is 5.76 Å². The maximum atomic E-state index is 12.9. The first-order valence-electron chi connectivity index (χ1n) is 7.44. The Kier molecular flexibility index (Phi) is 5.90. The number of nitrogens with one attached hydrogen (secondary N) is 1. The molecule has 0 amide bonds. The molecule has 1 aromatic carbocycles. The van der Waals surface area contributed by atoms with Crippen LogP contribution < -0.4 is 5.32 Å². The smallest absolute Gasteiger partial charge is 0.374 e. The third kappa shape index (κ3) is 4.64. The Hall–Kier alpha value is -2.18. The van der Waals surface area contributed by atoms with Crippen molar-refractivity contribution in [3.8, 4) is 0 Å². The fourth-order valence-electron chi connectivity index (χ4n) is 2.11. The second kappa shape index (κ2) is 7.89. The van der Waals surface area contributed by atoms with Crippen LogP contribution in [0.25, 0.3) is 0 Å². The second-order valence-corrected chi connectivity index (χ2v) is 5.15. The molecule has 2 aromatic rings. The number of aliphatic hydroxyl groups is 1. The van der Waals surface area contributed by atoms with Crippen LogP contribution in [0.5, 0.6) is 0 Å². The molecular formula is C17H20FNO4. The monoisotopic (exact) mass is 321 g/mol. The van der Waals surface area contributed by atoms with Crippen LogP contribution in [0.2, 0.25) is 0 Å². The molecule has 5 nitrogen and oxygen atoms in total. The summed E-state index contributed by atoms with van der Waals surface area (Å²) in [5.74, 6) is -0.136. The van der Waals surface area contributed by atoms with Crippen molar-refractivity contribution in [3.05, 3.63) is 59.3 Å². The van der Waals surface area contributed by atoms with Gasteiger partial charge in [0.1, 0.15) is 11.6 Å². The molecule has 1 aromatic heterocycles. The number of aliphatic hydroxyl groups excluding tert-OH is 1. The van der Waals surface area contributed by atoms with Crippen LogP contribution >= 0.6 is 0 Å². The molecule has 23 heavy (non-hydrogen) atoms. The van der Waals surface area contributed by atoms with Gasteiger partial charge in [-0.2, -0.15) is 0 Å². The quantitative estimate of drug-likeness (QED) is 0.767. The first-order valence-corrected chi connectivity index (χ1v) is 7.44. The van der Waals surface area contributed by atoms with Crippen LogP contribution in [0.4, 0.5) is 4.39 Å². The van der Waals surface area contributed by atoms with E-state index in [9.17, 15) is 14.3 Å². The van der Waals surface area contributed by atoms with Gasteiger partial charge in [0.25, 0.3) is 0 Å². The molecule has 6 heteroatoms. The Labute approximate surface area is 134 Å². The van der Waals surface area contributed by atoms with Crippen molar-refractivity contribution in [2.45, 2.75) is 32.5 Å². The highest BCUT2D eigenvalue weighted by atomic mass is 19.1. The van der Waals surface area contributed by atoms with E-state index in [1.807, 2.05) is 6.92 Å². The normalized spacial score (nSPS) is 13.6. The molecule has 0 saturated heterocycles. The largest absolute Gasteiger partial charge is 0.460 e. The van der Waals surface area contributed by atoms with E-state index in [4.69, 9.17) is 9.15 Å². The van der Waals surface area contributed by atoms with Crippen LogP contribution in [-0.2, 0) is 11.3 Å². The van der Waals surface area contributed by atoms with E-state index >= 15 is 0 Å². The van der Waals surface area contributed by atoms with Crippen molar-refractivity contribution in [1.29, 1.82) is 0 Å². The molecule has 1 heterocycles. The lowest BCUT2D eigenvalue weighted by Gasteiger charge is -2.20. The van der Waals surface area contributed by atoms with E-state index < -0.39 is 12.1 Å². The van der Waals surface area contributed by atoms with Crippen LogP contribution in [0.15, 0.2) is 40.8 Å². The Balaban J connectivity index is 1.90. The second-order valence-electron chi connectivity index (χ2n) is 5.15. The van der Waals surface area contributed by atoms with Crippen LogP contribution in [-0.4, -0.2) is 23.7 Å². The van der Waals surface area contributed by atoms with Gasteiger partial charge in [-0.15, -0.1) is 0 Å². The number of esters is 1. The number of furan rings is 1. The third-order valence-electron chi connectivity index (χ3n) is 3.42. The lowest BCUT2D eigenvalue weighted by Crippen LogP contribution is -2.31. The SMILES string of the molecule is CCOC(=O)c1ccc(CNC(C)C(O)c2ccc(F)cc2)o1. The van der Waals surface area contributed by atoms with E-state index in [2.05, 4.69) is 5.32 Å². The van der Waals surface area contributed by atoms with E-state index in [1.54, 1.807) is 31.2 Å². The topological polar surface area (TPSA) is 71.7 Å². The zero-order chi connectivity index (χ0) is 16.8. The summed E-state index contributed by atoms with van der Waals surface area (Å²) in [7, 11) is 0. The molecule has 0 spiro atoms. The molecule has 2 N–H and O–H groups in total. The summed E-state index contributed by atoms with van der Waals surface area (Å²) in [4.78, 5) is 11.5. The molecule has 2 unspecified atom stereocenters. The molecule has 0 aliphatic heterocycles. The number of rotatable bonds is 7. The summed E-state index contributed by atoms with van der Waals surface area (Å²) >= 11 is 0. The Bertz CT molecular complexity index is 638. The van der Waals surface area contributed by atoms with Gasteiger partial charge in [0.15, 0.2) is 0 Å². The van der Waals surface area contributed by atoms with Crippen molar-refractivity contribution in [1.82, 2.24) is 5.32 Å². The fourth-order valence-corrected chi connectivity index (χ4v) is 2.11. The highest BCUT2D eigenvalue weighted by molar-refractivity contribution is 5.86. The average molecular weight is 321 g/mol. The molecule has 0 fully saturated rings. The fraction of sp³-hybridized carbons (Fsp3) is 0.353. The van der Waals surface area contributed by atoms with E-state index in [-0.39, 0.29) is 24.2 Å². The van der Waals surface area contributed by atoms with Gasteiger partial charge in [-0.3, -0.25) is 0 Å². The predicted octanol–water partition coefficient (Wildman–Crippen LogP) is 2.81. The van der Waals surface area contributed by atoms with Gasteiger partial charge in [-0.1, -0.05) is 12.1 Å². The molecular weight excluding hydrogens is 301 g/mol. The zero-order valence-corrected chi connectivity index (χ0v) is 13.1. The maximum Gasteiger partial charge on any atom is 0.374 e. The zero-order valence-electron chi connectivity index (χ0n) is 13.1. The number of halogens is 1. The predicted molar refractivity (Wildman–Crippen MR) is 82.3 cm³/mol. The van der Waals surface area contributed by atoms with Crippen LogP contribution in [0, 0.1) is 5.82 Å². The summed E-state index contributed by atoms with van der Waals surface area (Å²) < 4.78 is 23.1. The molecule has 0 saturated carbocycles. The summed E-state index contributed by atoms with van der Waals surface area (Å²) in [6.45, 7) is 4.16. The Morgan fingerprint density at radius 2 is 2.00 bits per heavy atom. The van der Waals surface area contributed by atoms with Crippen molar-refractivity contribution < 1.29 is 23.4 Å². The summed E-state index contributed by atoms with van der Waals surface area (Å²) in [5.41, 5.74) is 0.623. The Morgan fingerprint density at radius 1 is 1.30 bits per heavy atom. The Morgan fingerprint density at radius 3 is 2.65 bits per heavy atom. The molecule has 0 aliphatic rings. The standard InChI is InChI=1S/C17H20FNO4/c1-3-22-17(21)15-9-8-14(23-15)10-19-11(2)16(20)12-4-6-13(18)7-5-12/h4-9,11,16,19-20H,3,10H2,1-2H3. The molecule has 124 valence electrons. The molecule has 2 rings (SSSR count). The van der Waals surface area contributed by atoms with E-state index in [0.717, 1.165) is 0 Å². The summed E-state index contributed by atoms with van der Waals surface area (Å²) in [5, 5.41) is 13.3. The number of benzene rings is 1. The first kappa shape index (κ1) is 17.2. The van der Waals surface area contributed by atoms with Crippen LogP contribution in [0.1, 0.15) is 41.8 Å². The van der Waals surface area contributed by atoms with Crippen molar-refractivity contribution >= 4 is 5.97 Å². The highest BCUT2D eigenvalue weighted by Crippen LogP contribution is 2.18. The van der Waals surface area contributed by atoms with Crippen molar-refractivity contribution in [2.75, 3.05) is 6.61 Å². The molecule has 0 aliphatic carbocycles. The minimum absolute atomic E-state index is 0.149. The number of hydrogen-bond donors (Lipinski definition) is 2. The van der Waals surface area contributed by atoms with Crippen molar-refractivity contribution in [3.63, 3.8) is 0 Å². The van der Waals surface area contributed by atoms with Crippen LogP contribution in [0.3, 0.4) is 0 Å². The van der Waals surface area contributed by atoms with Gasteiger partial charge in [-0.25, -0.2) is 9.18 Å². The van der Waals surface area contributed by atoms with E-state index in [0.29, 0.717) is 17.9 Å². The number of hydrogen-bond acceptors (Lipinski definition) is 5. The van der Waals surface area contributed by atoms with Gasteiger partial charge < -0.3 is 19.6 Å². The number of carbonyl (C=O) groups excluding carboxylic acids is 1. The summed E-state index contributed by atoms with van der Waals surface area (Å²) in [6, 6.07) is 8.66. The molecule has 0 bridgehead atoms. The van der Waals surface area contributed by atoms with Gasteiger partial charge in [-0.05, 0) is 43.7 Å². The lowest BCUT2D eigenvalue weighted by molar-refractivity contribution is 0.0487. The minimum atomic E-state index is -0.782.